The topological polar surface area (TPSA) is 98.5 Å². The van der Waals surface area contributed by atoms with Crippen molar-refractivity contribution in [3.05, 3.63) is 24.3 Å². The Morgan fingerprint density at radius 2 is 1.85 bits per heavy atom. The Kier molecular flexibility index (Phi) is 6.47. The molecule has 3 N–H and O–H groups in total. The van der Waals surface area contributed by atoms with E-state index in [0.29, 0.717) is 6.42 Å². The molecule has 0 heterocycles. The normalized spacial score (nSPS) is 11.1. The molecule has 0 amide bonds. The number of methoxy groups -OCH3 is 1. The fourth-order valence-corrected chi connectivity index (χ4v) is 2.18. The Balaban J connectivity index is 2.24. The first kappa shape index (κ1) is 16.5. The van der Waals surface area contributed by atoms with Gasteiger partial charge in [-0.25, -0.2) is 13.6 Å². The number of rotatable bonds is 8. The number of hydrogen-bond donors (Lipinski definition) is 2. The zero-order valence-corrected chi connectivity index (χ0v) is 12.3. The molecule has 0 atom stereocenters. The summed E-state index contributed by atoms with van der Waals surface area (Å²) in [4.78, 5) is 11.0. The number of anilines is 1. The minimum absolute atomic E-state index is 0.0983. The van der Waals surface area contributed by atoms with Gasteiger partial charge in [0.1, 0.15) is 0 Å². The summed E-state index contributed by atoms with van der Waals surface area (Å²) in [5.41, 5.74) is 0.838. The van der Waals surface area contributed by atoms with Gasteiger partial charge in [0.15, 0.2) is 0 Å². The second kappa shape index (κ2) is 7.86. The zero-order valence-electron chi connectivity index (χ0n) is 11.5. The predicted octanol–water partition coefficient (Wildman–Crippen LogP) is 1.48. The van der Waals surface area contributed by atoms with Crippen LogP contribution in [-0.4, -0.2) is 28.0 Å². The minimum atomic E-state index is -3.63. The highest BCUT2D eigenvalue weighted by Gasteiger charge is 2.06. The Bertz CT molecular complexity index is 526. The van der Waals surface area contributed by atoms with Crippen LogP contribution in [0.4, 0.5) is 5.69 Å². The van der Waals surface area contributed by atoms with Gasteiger partial charge in [-0.05, 0) is 37.1 Å². The number of unbranched alkanes of at least 4 members (excludes halogenated alkanes) is 2. The van der Waals surface area contributed by atoms with E-state index in [-0.39, 0.29) is 10.9 Å². The molecule has 0 bridgehead atoms. The molecule has 0 unspecified atom stereocenters. The highest BCUT2D eigenvalue weighted by Crippen LogP contribution is 2.13. The van der Waals surface area contributed by atoms with Gasteiger partial charge in [-0.3, -0.25) is 4.79 Å². The maximum absolute atomic E-state index is 11.1. The maximum atomic E-state index is 11.1. The molecule has 0 aliphatic rings. The smallest absolute Gasteiger partial charge is 0.305 e. The number of ether oxygens (including phenoxy) is 1. The molecule has 0 fully saturated rings. The standard InChI is InChI=1S/C13H20N2O4S/c1-19-13(16)5-3-2-4-10-15-11-6-8-12(9-7-11)20(14,17)18/h6-9,15H,2-5,10H2,1H3,(H2,14,17,18). The van der Waals surface area contributed by atoms with Crippen molar-refractivity contribution in [1.82, 2.24) is 0 Å². The van der Waals surface area contributed by atoms with Gasteiger partial charge in [0.05, 0.1) is 12.0 Å². The number of nitrogens with one attached hydrogen (secondary N) is 1. The zero-order chi connectivity index (χ0) is 15.0. The largest absolute Gasteiger partial charge is 0.469 e. The van der Waals surface area contributed by atoms with E-state index in [1.807, 2.05) is 0 Å². The van der Waals surface area contributed by atoms with E-state index in [1.165, 1.54) is 19.2 Å². The average molecular weight is 300 g/mol. The van der Waals surface area contributed by atoms with Crippen LogP contribution in [0.5, 0.6) is 0 Å². The molecule has 0 aliphatic carbocycles. The first-order chi connectivity index (χ1) is 9.43. The molecule has 1 aromatic carbocycles. The summed E-state index contributed by atoms with van der Waals surface area (Å²) in [5, 5.41) is 8.19. The lowest BCUT2D eigenvalue weighted by molar-refractivity contribution is -0.140. The van der Waals surface area contributed by atoms with Gasteiger partial charge in [-0.15, -0.1) is 0 Å². The number of esters is 1. The Hall–Kier alpha value is -1.60. The van der Waals surface area contributed by atoms with Crippen molar-refractivity contribution in [2.24, 2.45) is 5.14 Å². The number of benzene rings is 1. The Morgan fingerprint density at radius 1 is 1.20 bits per heavy atom. The van der Waals surface area contributed by atoms with Gasteiger partial charge in [0, 0.05) is 18.7 Å². The number of carbonyl (C=O) groups is 1. The first-order valence-corrected chi connectivity index (χ1v) is 7.91. The lowest BCUT2D eigenvalue weighted by atomic mass is 10.2. The fraction of sp³-hybridized carbons (Fsp3) is 0.462. The van der Waals surface area contributed by atoms with E-state index in [1.54, 1.807) is 12.1 Å². The van der Waals surface area contributed by atoms with E-state index in [0.717, 1.165) is 31.5 Å². The Morgan fingerprint density at radius 3 is 2.40 bits per heavy atom. The summed E-state index contributed by atoms with van der Waals surface area (Å²) < 4.78 is 26.7. The summed E-state index contributed by atoms with van der Waals surface area (Å²) in [6, 6.07) is 6.28. The summed E-state index contributed by atoms with van der Waals surface area (Å²) in [5.74, 6) is -0.184. The number of nitrogens with two attached hydrogens (primary N) is 1. The molecule has 0 saturated heterocycles. The molecular formula is C13H20N2O4S. The van der Waals surface area contributed by atoms with Crippen molar-refractivity contribution < 1.29 is 17.9 Å². The van der Waals surface area contributed by atoms with Gasteiger partial charge in [0.25, 0.3) is 0 Å². The number of hydrogen-bond acceptors (Lipinski definition) is 5. The van der Waals surface area contributed by atoms with Crippen LogP contribution in [0.2, 0.25) is 0 Å². The van der Waals surface area contributed by atoms with Crippen molar-refractivity contribution >= 4 is 21.7 Å². The molecule has 0 spiro atoms. The van der Waals surface area contributed by atoms with Crippen molar-refractivity contribution in [1.29, 1.82) is 0 Å². The predicted molar refractivity (Wildman–Crippen MR) is 76.8 cm³/mol. The SMILES string of the molecule is COC(=O)CCCCCNc1ccc(S(N)(=O)=O)cc1. The van der Waals surface area contributed by atoms with Gasteiger partial charge in [-0.2, -0.15) is 0 Å². The van der Waals surface area contributed by atoms with Crippen molar-refractivity contribution in [3.63, 3.8) is 0 Å². The van der Waals surface area contributed by atoms with E-state index < -0.39 is 10.0 Å². The van der Waals surface area contributed by atoms with E-state index in [4.69, 9.17) is 5.14 Å². The van der Waals surface area contributed by atoms with Crippen LogP contribution in [0.15, 0.2) is 29.2 Å². The van der Waals surface area contributed by atoms with E-state index in [2.05, 4.69) is 10.1 Å². The molecule has 0 aliphatic heterocycles. The summed E-state index contributed by atoms with van der Waals surface area (Å²) in [6.07, 6.45) is 3.10. The van der Waals surface area contributed by atoms with Gasteiger partial charge >= 0.3 is 5.97 Å². The molecule has 1 aromatic rings. The van der Waals surface area contributed by atoms with Crippen LogP contribution in [-0.2, 0) is 19.6 Å². The lowest BCUT2D eigenvalue weighted by Gasteiger charge is -2.07. The third-order valence-corrected chi connectivity index (χ3v) is 3.73. The van der Waals surface area contributed by atoms with Crippen LogP contribution in [0.25, 0.3) is 0 Å². The highest BCUT2D eigenvalue weighted by molar-refractivity contribution is 7.89. The van der Waals surface area contributed by atoms with Crippen molar-refractivity contribution in [2.45, 2.75) is 30.6 Å². The number of sulfonamides is 1. The monoisotopic (exact) mass is 300 g/mol. The minimum Gasteiger partial charge on any atom is -0.469 e. The van der Waals surface area contributed by atoms with E-state index in [9.17, 15) is 13.2 Å². The fourth-order valence-electron chi connectivity index (χ4n) is 1.67. The van der Waals surface area contributed by atoms with Gasteiger partial charge < -0.3 is 10.1 Å². The molecule has 7 heteroatoms. The summed E-state index contributed by atoms with van der Waals surface area (Å²) >= 11 is 0. The molecule has 0 radical (unpaired) electrons. The molecule has 112 valence electrons. The molecule has 0 saturated carbocycles. The lowest BCUT2D eigenvalue weighted by Crippen LogP contribution is -2.12. The van der Waals surface area contributed by atoms with Crippen LogP contribution in [0.1, 0.15) is 25.7 Å². The number of primary sulfonamides is 1. The quantitative estimate of drug-likeness (QED) is 0.559. The first-order valence-electron chi connectivity index (χ1n) is 6.37. The maximum Gasteiger partial charge on any atom is 0.305 e. The van der Waals surface area contributed by atoms with Crippen molar-refractivity contribution in [3.8, 4) is 0 Å². The highest BCUT2D eigenvalue weighted by atomic mass is 32.2. The summed E-state index contributed by atoms with van der Waals surface area (Å²) in [7, 11) is -2.25. The summed E-state index contributed by atoms with van der Waals surface area (Å²) in [6.45, 7) is 0.760. The Labute approximate surface area is 119 Å². The van der Waals surface area contributed by atoms with E-state index >= 15 is 0 Å². The van der Waals surface area contributed by atoms with Crippen molar-refractivity contribution in [2.75, 3.05) is 19.0 Å². The van der Waals surface area contributed by atoms with Crippen LogP contribution < -0.4 is 10.5 Å². The molecule has 1 rings (SSSR count). The molecule has 0 aromatic heterocycles. The third kappa shape index (κ3) is 6.03. The second-order valence-electron chi connectivity index (χ2n) is 4.38. The molecule has 20 heavy (non-hydrogen) atoms. The van der Waals surface area contributed by atoms with Crippen LogP contribution in [0, 0.1) is 0 Å². The van der Waals surface area contributed by atoms with Gasteiger partial charge in [0.2, 0.25) is 10.0 Å². The molecule has 6 nitrogen and oxygen atoms in total. The number of carbonyl (C=O) groups excluding carboxylic acids is 1. The third-order valence-electron chi connectivity index (χ3n) is 2.80. The average Bonchev–Trinajstić information content (AvgIpc) is 2.41. The second-order valence-corrected chi connectivity index (χ2v) is 5.94. The van der Waals surface area contributed by atoms with Crippen LogP contribution >= 0.6 is 0 Å². The van der Waals surface area contributed by atoms with Gasteiger partial charge in [-0.1, -0.05) is 6.42 Å². The van der Waals surface area contributed by atoms with Crippen LogP contribution in [0.3, 0.4) is 0 Å². The molecular weight excluding hydrogens is 280 g/mol.